The van der Waals surface area contributed by atoms with Gasteiger partial charge in [-0.25, -0.2) is 0 Å². The van der Waals surface area contributed by atoms with Gasteiger partial charge in [0.15, 0.2) is 0 Å². The van der Waals surface area contributed by atoms with E-state index in [1.54, 1.807) is 6.92 Å². The monoisotopic (exact) mass is 173 g/mol. The van der Waals surface area contributed by atoms with Crippen molar-refractivity contribution in [2.45, 2.75) is 25.5 Å². The Morgan fingerprint density at radius 2 is 2.42 bits per heavy atom. The van der Waals surface area contributed by atoms with Gasteiger partial charge in [-0.2, -0.15) is 0 Å². The van der Waals surface area contributed by atoms with Gasteiger partial charge in [0.2, 0.25) is 0 Å². The number of ether oxygens (including phenoxy) is 1. The number of hydrogen-bond acceptors (Lipinski definition) is 4. The number of aliphatic hydroxyl groups excluding tert-OH is 1. The standard InChI is InChI=1S/C8H15NO3/c1-6(8(11)12-2)9-4-3-7(10)5-9/h6-7,10H,3-5H2,1-2H3. The maximum atomic E-state index is 11.1. The Bertz CT molecular complexity index is 172. The maximum absolute atomic E-state index is 11.1. The lowest BCUT2D eigenvalue weighted by atomic mass is 10.3. The molecule has 1 aliphatic rings. The Labute approximate surface area is 72.1 Å². The average molecular weight is 173 g/mol. The highest BCUT2D eigenvalue weighted by atomic mass is 16.5. The number of carbonyl (C=O) groups is 1. The first-order chi connectivity index (χ1) is 5.65. The Morgan fingerprint density at radius 3 is 2.83 bits per heavy atom. The first-order valence-electron chi connectivity index (χ1n) is 4.15. The minimum atomic E-state index is -0.280. The van der Waals surface area contributed by atoms with E-state index in [0.29, 0.717) is 6.54 Å². The second-order valence-corrected chi connectivity index (χ2v) is 3.14. The lowest BCUT2D eigenvalue weighted by Gasteiger charge is -2.20. The molecule has 1 fully saturated rings. The summed E-state index contributed by atoms with van der Waals surface area (Å²) in [6.45, 7) is 3.15. The summed E-state index contributed by atoms with van der Waals surface area (Å²) in [5.41, 5.74) is 0. The van der Waals surface area contributed by atoms with Crippen molar-refractivity contribution in [2.24, 2.45) is 0 Å². The van der Waals surface area contributed by atoms with Crippen molar-refractivity contribution in [1.82, 2.24) is 4.90 Å². The fourth-order valence-electron chi connectivity index (χ4n) is 1.44. The van der Waals surface area contributed by atoms with Gasteiger partial charge in [-0.15, -0.1) is 0 Å². The second kappa shape index (κ2) is 3.87. The summed E-state index contributed by atoms with van der Waals surface area (Å²) in [7, 11) is 1.38. The molecule has 2 atom stereocenters. The van der Waals surface area contributed by atoms with Crippen LogP contribution in [0.3, 0.4) is 0 Å². The molecule has 4 heteroatoms. The van der Waals surface area contributed by atoms with Gasteiger partial charge in [0.1, 0.15) is 6.04 Å². The average Bonchev–Trinajstić information content (AvgIpc) is 2.49. The normalized spacial score (nSPS) is 27.1. The van der Waals surface area contributed by atoms with Crippen molar-refractivity contribution in [3.63, 3.8) is 0 Å². The van der Waals surface area contributed by atoms with Crippen LogP contribution in [0.4, 0.5) is 0 Å². The predicted molar refractivity (Wildman–Crippen MR) is 43.7 cm³/mol. The molecular formula is C8H15NO3. The molecular weight excluding hydrogens is 158 g/mol. The molecule has 1 N–H and O–H groups in total. The van der Waals surface area contributed by atoms with Crippen LogP contribution in [0.15, 0.2) is 0 Å². The van der Waals surface area contributed by atoms with E-state index in [2.05, 4.69) is 4.74 Å². The van der Waals surface area contributed by atoms with Gasteiger partial charge >= 0.3 is 5.97 Å². The van der Waals surface area contributed by atoms with Crippen LogP contribution in [0.2, 0.25) is 0 Å². The number of rotatable bonds is 2. The lowest BCUT2D eigenvalue weighted by Crippen LogP contribution is -2.38. The van der Waals surface area contributed by atoms with Gasteiger partial charge in [-0.1, -0.05) is 0 Å². The predicted octanol–water partition coefficient (Wildman–Crippen LogP) is -0.386. The van der Waals surface area contributed by atoms with Crippen molar-refractivity contribution in [3.8, 4) is 0 Å². The van der Waals surface area contributed by atoms with E-state index >= 15 is 0 Å². The second-order valence-electron chi connectivity index (χ2n) is 3.14. The molecule has 0 aliphatic carbocycles. The molecule has 0 bridgehead atoms. The summed E-state index contributed by atoms with van der Waals surface area (Å²) in [5, 5.41) is 9.21. The molecule has 0 amide bonds. The molecule has 1 aliphatic heterocycles. The summed E-state index contributed by atoms with van der Waals surface area (Å²) < 4.78 is 4.60. The zero-order chi connectivity index (χ0) is 9.14. The van der Waals surface area contributed by atoms with Crippen molar-refractivity contribution in [1.29, 1.82) is 0 Å². The summed E-state index contributed by atoms with van der Waals surface area (Å²) in [6.07, 6.45) is 0.471. The van der Waals surface area contributed by atoms with Crippen LogP contribution in [-0.2, 0) is 9.53 Å². The largest absolute Gasteiger partial charge is 0.468 e. The van der Waals surface area contributed by atoms with Gasteiger partial charge in [0, 0.05) is 13.1 Å². The van der Waals surface area contributed by atoms with E-state index in [0.717, 1.165) is 13.0 Å². The van der Waals surface area contributed by atoms with Crippen molar-refractivity contribution in [2.75, 3.05) is 20.2 Å². The molecule has 4 nitrogen and oxygen atoms in total. The minimum Gasteiger partial charge on any atom is -0.468 e. The number of nitrogens with zero attached hydrogens (tertiary/aromatic N) is 1. The zero-order valence-electron chi connectivity index (χ0n) is 7.49. The summed E-state index contributed by atoms with van der Waals surface area (Å²) >= 11 is 0. The first kappa shape index (κ1) is 9.48. The molecule has 0 aromatic rings. The zero-order valence-corrected chi connectivity index (χ0v) is 7.49. The number of likely N-dealkylation sites (tertiary alicyclic amines) is 1. The molecule has 12 heavy (non-hydrogen) atoms. The third-order valence-electron chi connectivity index (χ3n) is 2.28. The Morgan fingerprint density at radius 1 is 1.75 bits per heavy atom. The highest BCUT2D eigenvalue weighted by Crippen LogP contribution is 2.12. The highest BCUT2D eigenvalue weighted by Gasteiger charge is 2.28. The lowest BCUT2D eigenvalue weighted by molar-refractivity contribution is -0.146. The Balaban J connectivity index is 2.42. The van der Waals surface area contributed by atoms with E-state index in [4.69, 9.17) is 0 Å². The molecule has 0 spiro atoms. The van der Waals surface area contributed by atoms with Crippen LogP contribution in [0.5, 0.6) is 0 Å². The van der Waals surface area contributed by atoms with Gasteiger partial charge in [0.05, 0.1) is 13.2 Å². The van der Waals surface area contributed by atoms with E-state index in [9.17, 15) is 9.90 Å². The molecule has 0 aromatic heterocycles. The third-order valence-corrected chi connectivity index (χ3v) is 2.28. The number of carbonyl (C=O) groups excluding carboxylic acids is 1. The molecule has 1 saturated heterocycles. The van der Waals surface area contributed by atoms with Crippen LogP contribution in [0, 0.1) is 0 Å². The fraction of sp³-hybridized carbons (Fsp3) is 0.875. The number of aliphatic hydroxyl groups is 1. The summed E-state index contributed by atoms with van der Waals surface area (Å²) in [4.78, 5) is 13.0. The van der Waals surface area contributed by atoms with E-state index in [1.165, 1.54) is 7.11 Å². The van der Waals surface area contributed by atoms with Gasteiger partial charge < -0.3 is 9.84 Å². The number of hydrogen-bond donors (Lipinski definition) is 1. The number of methoxy groups -OCH3 is 1. The summed E-state index contributed by atoms with van der Waals surface area (Å²) in [6, 6.07) is -0.229. The van der Waals surface area contributed by atoms with Gasteiger partial charge in [0.25, 0.3) is 0 Å². The van der Waals surface area contributed by atoms with Gasteiger partial charge in [-0.3, -0.25) is 9.69 Å². The van der Waals surface area contributed by atoms with Crippen molar-refractivity contribution in [3.05, 3.63) is 0 Å². The van der Waals surface area contributed by atoms with Crippen LogP contribution in [0.25, 0.3) is 0 Å². The van der Waals surface area contributed by atoms with Crippen molar-refractivity contribution < 1.29 is 14.6 Å². The van der Waals surface area contributed by atoms with E-state index in [-0.39, 0.29) is 18.1 Å². The topological polar surface area (TPSA) is 49.8 Å². The summed E-state index contributed by atoms with van der Waals surface area (Å²) in [5.74, 6) is -0.232. The molecule has 0 radical (unpaired) electrons. The Hall–Kier alpha value is -0.610. The molecule has 1 heterocycles. The van der Waals surface area contributed by atoms with Crippen LogP contribution >= 0.6 is 0 Å². The van der Waals surface area contributed by atoms with E-state index < -0.39 is 0 Å². The minimum absolute atomic E-state index is 0.229. The van der Waals surface area contributed by atoms with Crippen LogP contribution in [0.1, 0.15) is 13.3 Å². The van der Waals surface area contributed by atoms with Crippen molar-refractivity contribution >= 4 is 5.97 Å². The van der Waals surface area contributed by atoms with Crippen LogP contribution < -0.4 is 0 Å². The maximum Gasteiger partial charge on any atom is 0.322 e. The first-order valence-corrected chi connectivity index (χ1v) is 4.15. The highest BCUT2D eigenvalue weighted by molar-refractivity contribution is 5.75. The fourth-order valence-corrected chi connectivity index (χ4v) is 1.44. The quantitative estimate of drug-likeness (QED) is 0.578. The molecule has 1 rings (SSSR count). The molecule has 0 aromatic carbocycles. The molecule has 70 valence electrons. The third kappa shape index (κ3) is 1.95. The number of esters is 1. The molecule has 0 saturated carbocycles. The van der Waals surface area contributed by atoms with Crippen LogP contribution in [-0.4, -0.2) is 48.3 Å². The van der Waals surface area contributed by atoms with E-state index in [1.807, 2.05) is 4.90 Å². The molecule has 2 unspecified atom stereocenters. The number of β-amino-alcohol motifs (C(OH)–C–C–N with tert-alkyl or cyclic N) is 1. The SMILES string of the molecule is COC(=O)C(C)N1CCC(O)C1. The Kier molecular flexibility index (Phi) is 3.05. The van der Waals surface area contributed by atoms with Gasteiger partial charge in [-0.05, 0) is 13.3 Å². The smallest absolute Gasteiger partial charge is 0.322 e.